The molecular weight excluding hydrogens is 292 g/mol. The number of aromatic nitrogens is 2. The Bertz CT molecular complexity index is 751. The van der Waals surface area contributed by atoms with Crippen LogP contribution in [0.4, 0.5) is 8.78 Å². The van der Waals surface area contributed by atoms with Crippen molar-refractivity contribution in [3.05, 3.63) is 63.6 Å². The number of hydrogen-bond acceptors (Lipinski definition) is 3. The minimum absolute atomic E-state index is 0.0158. The number of aromatic amines is 1. The number of carbonyl (C=O) groups excluding carboxylic acids is 1. The van der Waals surface area contributed by atoms with Gasteiger partial charge in [0, 0.05) is 11.6 Å². The van der Waals surface area contributed by atoms with Crippen LogP contribution in [0.3, 0.4) is 0 Å². The van der Waals surface area contributed by atoms with Crippen LogP contribution in [-0.4, -0.2) is 16.1 Å². The minimum Gasteiger partial charge on any atom is -0.343 e. The van der Waals surface area contributed by atoms with E-state index < -0.39 is 29.1 Å². The van der Waals surface area contributed by atoms with Gasteiger partial charge in [-0.2, -0.15) is 5.10 Å². The lowest BCUT2D eigenvalue weighted by molar-refractivity contribution is 0.0924. The Labute approximate surface area is 124 Å². The molecule has 1 atom stereocenters. The van der Waals surface area contributed by atoms with E-state index in [1.165, 1.54) is 12.1 Å². The van der Waals surface area contributed by atoms with E-state index in [0.717, 1.165) is 31.0 Å². The summed E-state index contributed by atoms with van der Waals surface area (Å²) < 4.78 is 27.3. The van der Waals surface area contributed by atoms with Crippen LogP contribution < -0.4 is 10.9 Å². The molecule has 2 aromatic rings. The Morgan fingerprint density at radius 2 is 2.05 bits per heavy atom. The first kappa shape index (κ1) is 14.4. The van der Waals surface area contributed by atoms with Gasteiger partial charge in [0.15, 0.2) is 0 Å². The molecule has 1 aliphatic rings. The zero-order chi connectivity index (χ0) is 15.7. The maximum absolute atomic E-state index is 13.9. The molecule has 7 heteroatoms. The summed E-state index contributed by atoms with van der Waals surface area (Å²) in [4.78, 5) is 23.1. The summed E-state index contributed by atoms with van der Waals surface area (Å²) in [7, 11) is 0. The highest BCUT2D eigenvalue weighted by Gasteiger charge is 2.35. The average molecular weight is 305 g/mol. The maximum atomic E-state index is 13.9. The number of nitrogens with one attached hydrogen (secondary N) is 2. The van der Waals surface area contributed by atoms with Gasteiger partial charge in [-0.3, -0.25) is 9.59 Å². The molecule has 1 aromatic heterocycles. The molecule has 0 unspecified atom stereocenters. The molecule has 3 rings (SSSR count). The zero-order valence-electron chi connectivity index (χ0n) is 11.5. The number of nitrogens with zero attached hydrogens (tertiary/aromatic N) is 1. The molecule has 5 nitrogen and oxygen atoms in total. The van der Waals surface area contributed by atoms with Crippen LogP contribution in [0.5, 0.6) is 0 Å². The summed E-state index contributed by atoms with van der Waals surface area (Å²) in [5.41, 5.74) is -0.284. The van der Waals surface area contributed by atoms with Crippen LogP contribution in [0.1, 0.15) is 34.9 Å². The summed E-state index contributed by atoms with van der Waals surface area (Å²) in [6, 6.07) is 5.02. The molecule has 0 spiro atoms. The molecule has 1 heterocycles. The molecule has 0 bridgehead atoms. The standard InChI is InChI=1S/C15H13F2N3O2/c16-9-3-4-11(17)10(7-9)14(8-1-2-8)18-15(22)12-5-6-13(21)20-19-12/h3-8,14H,1-2H2,(H,18,22)(H,20,21)/t14-/m0/s1. The third kappa shape index (κ3) is 3.03. The molecule has 22 heavy (non-hydrogen) atoms. The second-order valence-electron chi connectivity index (χ2n) is 5.26. The number of benzene rings is 1. The molecule has 1 saturated carbocycles. The third-order valence-corrected chi connectivity index (χ3v) is 3.58. The minimum atomic E-state index is -0.614. The van der Waals surface area contributed by atoms with Crippen molar-refractivity contribution in [3.8, 4) is 0 Å². The Morgan fingerprint density at radius 3 is 2.68 bits per heavy atom. The molecule has 1 fully saturated rings. The number of hydrogen-bond donors (Lipinski definition) is 2. The number of halogens is 2. The van der Waals surface area contributed by atoms with E-state index in [9.17, 15) is 18.4 Å². The Hall–Kier alpha value is -2.57. The number of carbonyl (C=O) groups is 1. The molecule has 114 valence electrons. The molecular formula is C15H13F2N3O2. The number of H-pyrrole nitrogens is 1. The zero-order valence-corrected chi connectivity index (χ0v) is 11.5. The fourth-order valence-electron chi connectivity index (χ4n) is 2.32. The van der Waals surface area contributed by atoms with E-state index in [4.69, 9.17) is 0 Å². The fourth-order valence-corrected chi connectivity index (χ4v) is 2.32. The van der Waals surface area contributed by atoms with Gasteiger partial charge in [0.2, 0.25) is 0 Å². The molecule has 0 radical (unpaired) electrons. The molecule has 1 aliphatic carbocycles. The Kier molecular flexibility index (Phi) is 3.70. The van der Waals surface area contributed by atoms with Gasteiger partial charge in [0.05, 0.1) is 6.04 Å². The van der Waals surface area contributed by atoms with E-state index >= 15 is 0 Å². The van der Waals surface area contributed by atoms with Gasteiger partial charge < -0.3 is 5.32 Å². The first-order valence-corrected chi connectivity index (χ1v) is 6.86. The lowest BCUT2D eigenvalue weighted by Crippen LogP contribution is -2.31. The quantitative estimate of drug-likeness (QED) is 0.906. The first-order valence-electron chi connectivity index (χ1n) is 6.86. The van der Waals surface area contributed by atoms with Gasteiger partial charge in [-0.25, -0.2) is 13.9 Å². The second-order valence-corrected chi connectivity index (χ2v) is 5.26. The summed E-state index contributed by atoms with van der Waals surface area (Å²) in [5.74, 6) is -1.59. The number of rotatable bonds is 4. The van der Waals surface area contributed by atoms with Crippen LogP contribution in [0.25, 0.3) is 0 Å². The topological polar surface area (TPSA) is 74.8 Å². The summed E-state index contributed by atoms with van der Waals surface area (Å²) >= 11 is 0. The van der Waals surface area contributed by atoms with Crippen LogP contribution in [0.15, 0.2) is 35.1 Å². The van der Waals surface area contributed by atoms with Crippen molar-refractivity contribution >= 4 is 5.91 Å². The summed E-state index contributed by atoms with van der Waals surface area (Å²) in [6.07, 6.45) is 1.67. The van der Waals surface area contributed by atoms with Crippen LogP contribution in [0.2, 0.25) is 0 Å². The highest BCUT2D eigenvalue weighted by molar-refractivity contribution is 5.92. The van der Waals surface area contributed by atoms with Crippen molar-refractivity contribution in [2.24, 2.45) is 5.92 Å². The second kappa shape index (κ2) is 5.67. The monoisotopic (exact) mass is 305 g/mol. The molecule has 0 aliphatic heterocycles. The van der Waals surface area contributed by atoms with E-state index in [0.29, 0.717) is 0 Å². The van der Waals surface area contributed by atoms with Gasteiger partial charge in [0.1, 0.15) is 17.3 Å². The van der Waals surface area contributed by atoms with Gasteiger partial charge in [-0.05, 0) is 43.0 Å². The van der Waals surface area contributed by atoms with Crippen LogP contribution in [-0.2, 0) is 0 Å². The van der Waals surface area contributed by atoms with Crippen molar-refractivity contribution in [1.29, 1.82) is 0 Å². The highest BCUT2D eigenvalue weighted by Crippen LogP contribution is 2.41. The summed E-state index contributed by atoms with van der Waals surface area (Å²) in [5, 5.41) is 8.45. The van der Waals surface area contributed by atoms with Crippen LogP contribution in [0, 0.1) is 17.6 Å². The van der Waals surface area contributed by atoms with Crippen molar-refractivity contribution in [2.75, 3.05) is 0 Å². The van der Waals surface area contributed by atoms with Crippen molar-refractivity contribution < 1.29 is 13.6 Å². The molecule has 0 saturated heterocycles. The SMILES string of the molecule is O=C(N[C@H](c1cc(F)ccc1F)C1CC1)c1ccc(=O)[nH]n1. The van der Waals surface area contributed by atoms with E-state index in [2.05, 4.69) is 15.5 Å². The average Bonchev–Trinajstić information content (AvgIpc) is 3.33. The van der Waals surface area contributed by atoms with Crippen molar-refractivity contribution in [3.63, 3.8) is 0 Å². The van der Waals surface area contributed by atoms with Crippen LogP contribution >= 0.6 is 0 Å². The lowest BCUT2D eigenvalue weighted by Gasteiger charge is -2.19. The van der Waals surface area contributed by atoms with E-state index in [-0.39, 0.29) is 17.2 Å². The third-order valence-electron chi connectivity index (χ3n) is 3.58. The normalized spacial score (nSPS) is 15.4. The lowest BCUT2D eigenvalue weighted by atomic mass is 10.0. The predicted molar refractivity (Wildman–Crippen MR) is 74.1 cm³/mol. The van der Waals surface area contributed by atoms with Crippen molar-refractivity contribution in [1.82, 2.24) is 15.5 Å². The molecule has 2 N–H and O–H groups in total. The molecule has 1 aromatic carbocycles. The van der Waals surface area contributed by atoms with Gasteiger partial charge in [-0.1, -0.05) is 0 Å². The predicted octanol–water partition coefficient (Wildman–Crippen LogP) is 1.93. The first-order chi connectivity index (χ1) is 10.5. The molecule has 1 amide bonds. The van der Waals surface area contributed by atoms with Crippen molar-refractivity contribution in [2.45, 2.75) is 18.9 Å². The maximum Gasteiger partial charge on any atom is 0.272 e. The smallest absolute Gasteiger partial charge is 0.272 e. The fraction of sp³-hybridized carbons (Fsp3) is 0.267. The summed E-state index contributed by atoms with van der Waals surface area (Å²) in [6.45, 7) is 0. The Balaban J connectivity index is 1.86. The Morgan fingerprint density at radius 1 is 1.27 bits per heavy atom. The van der Waals surface area contributed by atoms with E-state index in [1.807, 2.05) is 0 Å². The highest BCUT2D eigenvalue weighted by atomic mass is 19.1. The van der Waals surface area contributed by atoms with Gasteiger partial charge in [0.25, 0.3) is 11.5 Å². The largest absolute Gasteiger partial charge is 0.343 e. The van der Waals surface area contributed by atoms with Gasteiger partial charge in [-0.15, -0.1) is 0 Å². The van der Waals surface area contributed by atoms with E-state index in [1.54, 1.807) is 0 Å². The number of amides is 1. The van der Waals surface area contributed by atoms with Gasteiger partial charge >= 0.3 is 0 Å².